The molecule has 2 rings (SSSR count). The summed E-state index contributed by atoms with van der Waals surface area (Å²) in [6, 6.07) is 5.54. The van der Waals surface area contributed by atoms with E-state index in [-0.39, 0.29) is 11.9 Å². The highest BCUT2D eigenvalue weighted by molar-refractivity contribution is 5.97. The van der Waals surface area contributed by atoms with Crippen molar-refractivity contribution in [1.82, 2.24) is 5.32 Å². The van der Waals surface area contributed by atoms with Gasteiger partial charge in [-0.3, -0.25) is 4.79 Å². The van der Waals surface area contributed by atoms with Gasteiger partial charge in [0, 0.05) is 12.1 Å². The van der Waals surface area contributed by atoms with Gasteiger partial charge in [-0.05, 0) is 49.1 Å². The second-order valence-corrected chi connectivity index (χ2v) is 7.45. The van der Waals surface area contributed by atoms with Gasteiger partial charge in [0.2, 0.25) is 0 Å². The first-order chi connectivity index (χ1) is 10.8. The monoisotopic (exact) mass is 319 g/mol. The largest absolute Gasteiger partial charge is 0.497 e. The average molecular weight is 319 g/mol. The average Bonchev–Trinajstić information content (AvgIpc) is 2.53. The van der Waals surface area contributed by atoms with Gasteiger partial charge in [-0.15, -0.1) is 0 Å². The minimum absolute atomic E-state index is 0.0660. The van der Waals surface area contributed by atoms with E-state index in [0.29, 0.717) is 22.5 Å². The van der Waals surface area contributed by atoms with Crippen molar-refractivity contribution >= 4 is 5.91 Å². The van der Waals surface area contributed by atoms with Crippen molar-refractivity contribution in [3.05, 3.63) is 23.8 Å². The Kier molecular flexibility index (Phi) is 5.55. The lowest BCUT2D eigenvalue weighted by molar-refractivity contribution is 0.0901. The molecule has 1 N–H and O–H groups in total. The molecule has 128 valence electrons. The van der Waals surface area contributed by atoms with Crippen LogP contribution in [0.15, 0.2) is 18.2 Å². The molecule has 0 bridgehead atoms. The van der Waals surface area contributed by atoms with Crippen LogP contribution in [-0.4, -0.2) is 26.2 Å². The topological polar surface area (TPSA) is 47.6 Å². The number of amides is 1. The summed E-state index contributed by atoms with van der Waals surface area (Å²) in [6.07, 6.45) is 4.45. The number of carbonyl (C=O) groups excluding carboxylic acids is 1. The first-order valence-corrected chi connectivity index (χ1v) is 8.38. The summed E-state index contributed by atoms with van der Waals surface area (Å²) < 4.78 is 10.5. The molecule has 0 atom stereocenters. The molecule has 23 heavy (non-hydrogen) atoms. The molecule has 1 aliphatic rings. The zero-order valence-corrected chi connectivity index (χ0v) is 14.9. The lowest BCUT2D eigenvalue weighted by Gasteiger charge is -2.37. The highest BCUT2D eigenvalue weighted by Crippen LogP contribution is 2.37. The summed E-state index contributed by atoms with van der Waals surface area (Å²) in [5.41, 5.74) is 0.917. The van der Waals surface area contributed by atoms with E-state index in [1.54, 1.807) is 32.4 Å². The fraction of sp³-hybridized carbons (Fsp3) is 0.632. The lowest BCUT2D eigenvalue weighted by Crippen LogP contribution is -2.39. The molecule has 1 fully saturated rings. The van der Waals surface area contributed by atoms with Gasteiger partial charge in [-0.2, -0.15) is 0 Å². The van der Waals surface area contributed by atoms with Crippen LogP contribution >= 0.6 is 0 Å². The van der Waals surface area contributed by atoms with Gasteiger partial charge < -0.3 is 14.8 Å². The number of carbonyl (C=O) groups is 1. The summed E-state index contributed by atoms with van der Waals surface area (Å²) in [6.45, 7) is 6.91. The molecule has 4 nitrogen and oxygen atoms in total. The van der Waals surface area contributed by atoms with E-state index in [1.165, 1.54) is 12.8 Å². The van der Waals surface area contributed by atoms with Crippen LogP contribution in [0.2, 0.25) is 0 Å². The molecule has 1 aliphatic carbocycles. The fourth-order valence-corrected chi connectivity index (χ4v) is 3.35. The molecule has 1 aromatic rings. The number of benzene rings is 1. The van der Waals surface area contributed by atoms with Crippen LogP contribution in [0.5, 0.6) is 11.5 Å². The Hall–Kier alpha value is -1.71. The molecule has 4 heteroatoms. The van der Waals surface area contributed by atoms with E-state index < -0.39 is 0 Å². The molecule has 1 saturated carbocycles. The molecule has 1 amide bonds. The predicted molar refractivity (Wildman–Crippen MR) is 92.2 cm³/mol. The van der Waals surface area contributed by atoms with Crippen LogP contribution < -0.4 is 14.8 Å². The van der Waals surface area contributed by atoms with Gasteiger partial charge in [0.05, 0.1) is 19.8 Å². The molecule has 0 aliphatic heterocycles. The Labute approximate surface area is 139 Å². The van der Waals surface area contributed by atoms with Crippen molar-refractivity contribution in [2.75, 3.05) is 14.2 Å². The zero-order valence-electron chi connectivity index (χ0n) is 14.9. The maximum Gasteiger partial charge on any atom is 0.255 e. The predicted octanol–water partition coefficient (Wildman–Crippen LogP) is 4.04. The van der Waals surface area contributed by atoms with Crippen LogP contribution in [0, 0.1) is 11.3 Å². The highest BCUT2D eigenvalue weighted by atomic mass is 16.5. The molecular formula is C19H29NO3. The number of rotatable bonds is 4. The van der Waals surface area contributed by atoms with E-state index in [9.17, 15) is 4.79 Å². The van der Waals surface area contributed by atoms with E-state index in [0.717, 1.165) is 18.8 Å². The first-order valence-electron chi connectivity index (χ1n) is 8.38. The third-order valence-electron chi connectivity index (χ3n) is 4.94. The van der Waals surface area contributed by atoms with Gasteiger partial charge >= 0.3 is 0 Å². The number of nitrogens with one attached hydrogen (secondary N) is 1. The minimum atomic E-state index is -0.0660. The molecule has 0 spiro atoms. The van der Waals surface area contributed by atoms with Gasteiger partial charge in [-0.1, -0.05) is 20.8 Å². The number of methoxy groups -OCH3 is 2. The van der Waals surface area contributed by atoms with Crippen molar-refractivity contribution in [2.24, 2.45) is 11.3 Å². The van der Waals surface area contributed by atoms with Crippen molar-refractivity contribution in [1.29, 1.82) is 0 Å². The third-order valence-corrected chi connectivity index (χ3v) is 4.94. The second kappa shape index (κ2) is 7.24. The van der Waals surface area contributed by atoms with Gasteiger partial charge in [-0.25, -0.2) is 0 Å². The Bertz CT molecular complexity index is 540. The van der Waals surface area contributed by atoms with Crippen molar-refractivity contribution in [3.63, 3.8) is 0 Å². The fourth-order valence-electron chi connectivity index (χ4n) is 3.35. The summed E-state index contributed by atoms with van der Waals surface area (Å²) in [4.78, 5) is 12.5. The second-order valence-electron chi connectivity index (χ2n) is 7.45. The van der Waals surface area contributed by atoms with E-state index in [1.807, 2.05) is 0 Å². The standard InChI is InChI=1S/C19H29NO3/c1-19(2,3)13-6-8-14(9-7-13)20-18(21)16-11-10-15(22-4)12-17(16)23-5/h10-14H,6-9H2,1-5H3,(H,20,21). The molecule has 0 heterocycles. The van der Waals surface area contributed by atoms with Crippen LogP contribution in [0.3, 0.4) is 0 Å². The van der Waals surface area contributed by atoms with E-state index >= 15 is 0 Å². The Balaban J connectivity index is 1.98. The van der Waals surface area contributed by atoms with Crippen molar-refractivity contribution in [3.8, 4) is 11.5 Å². The molecule has 1 aromatic carbocycles. The molecule has 0 unspecified atom stereocenters. The summed E-state index contributed by atoms with van der Waals surface area (Å²) >= 11 is 0. The zero-order chi connectivity index (χ0) is 17.0. The van der Waals surface area contributed by atoms with Gasteiger partial charge in [0.25, 0.3) is 5.91 Å². The van der Waals surface area contributed by atoms with Gasteiger partial charge in [0.15, 0.2) is 0 Å². The maximum atomic E-state index is 12.5. The molecule has 0 radical (unpaired) electrons. The number of hydrogen-bond acceptors (Lipinski definition) is 3. The van der Waals surface area contributed by atoms with Crippen molar-refractivity contribution < 1.29 is 14.3 Å². The summed E-state index contributed by atoms with van der Waals surface area (Å²) in [5, 5.41) is 3.16. The maximum absolute atomic E-state index is 12.5. The molecule has 0 aromatic heterocycles. The molecular weight excluding hydrogens is 290 g/mol. The lowest BCUT2D eigenvalue weighted by atomic mass is 9.71. The van der Waals surface area contributed by atoms with E-state index in [4.69, 9.17) is 9.47 Å². The van der Waals surface area contributed by atoms with Crippen LogP contribution in [0.4, 0.5) is 0 Å². The Morgan fingerprint density at radius 1 is 1.09 bits per heavy atom. The van der Waals surface area contributed by atoms with E-state index in [2.05, 4.69) is 26.1 Å². The normalized spacial score (nSPS) is 21.6. The van der Waals surface area contributed by atoms with Gasteiger partial charge in [0.1, 0.15) is 11.5 Å². The summed E-state index contributed by atoms with van der Waals surface area (Å²) in [5.74, 6) is 1.91. The SMILES string of the molecule is COc1ccc(C(=O)NC2CCC(C(C)(C)C)CC2)c(OC)c1. The third kappa shape index (κ3) is 4.40. The summed E-state index contributed by atoms with van der Waals surface area (Å²) in [7, 11) is 3.17. The van der Waals surface area contributed by atoms with Crippen LogP contribution in [0.1, 0.15) is 56.8 Å². The quantitative estimate of drug-likeness (QED) is 0.911. The Morgan fingerprint density at radius 3 is 2.26 bits per heavy atom. The smallest absolute Gasteiger partial charge is 0.255 e. The highest BCUT2D eigenvalue weighted by Gasteiger charge is 2.30. The number of ether oxygens (including phenoxy) is 2. The Morgan fingerprint density at radius 2 is 1.74 bits per heavy atom. The minimum Gasteiger partial charge on any atom is -0.497 e. The first kappa shape index (κ1) is 17.6. The van der Waals surface area contributed by atoms with Crippen LogP contribution in [0.25, 0.3) is 0 Å². The molecule has 0 saturated heterocycles. The van der Waals surface area contributed by atoms with Crippen LogP contribution in [-0.2, 0) is 0 Å². The number of hydrogen-bond donors (Lipinski definition) is 1. The van der Waals surface area contributed by atoms with Crippen molar-refractivity contribution in [2.45, 2.75) is 52.5 Å².